The number of carbonyl (C=O) groups is 1. The first-order chi connectivity index (χ1) is 9.27. The van der Waals surface area contributed by atoms with Crippen LogP contribution in [0.5, 0.6) is 0 Å². The highest BCUT2D eigenvalue weighted by molar-refractivity contribution is 7.84. The van der Waals surface area contributed by atoms with E-state index in [2.05, 4.69) is 4.72 Å². The van der Waals surface area contributed by atoms with Gasteiger partial charge in [0.2, 0.25) is 0 Å². The summed E-state index contributed by atoms with van der Waals surface area (Å²) in [5.74, 6) is -0.125. The van der Waals surface area contributed by atoms with Crippen molar-refractivity contribution in [2.75, 3.05) is 13.1 Å². The number of nitrogens with zero attached hydrogens (tertiary/aromatic N) is 1. The number of rotatable bonds is 3. The van der Waals surface area contributed by atoms with Crippen LogP contribution in [0.3, 0.4) is 0 Å². The summed E-state index contributed by atoms with van der Waals surface area (Å²) in [5, 5.41) is 7.71. The highest BCUT2D eigenvalue weighted by Gasteiger charge is 2.51. The third-order valence-electron chi connectivity index (χ3n) is 2.93. The molecule has 8 heteroatoms. The van der Waals surface area contributed by atoms with Crippen LogP contribution in [0.25, 0.3) is 0 Å². The summed E-state index contributed by atoms with van der Waals surface area (Å²) in [4.78, 5) is 13.4. The number of nitrogens with one attached hydrogen (secondary N) is 2. The third kappa shape index (κ3) is 4.41. The summed E-state index contributed by atoms with van der Waals surface area (Å²) in [7, 11) is -1.37. The zero-order valence-corrected chi connectivity index (χ0v) is 14.4. The van der Waals surface area contributed by atoms with E-state index in [1.54, 1.807) is 20.8 Å². The summed E-state index contributed by atoms with van der Waals surface area (Å²) in [6.07, 6.45) is -0.456. The minimum absolute atomic E-state index is 0.125. The molecule has 1 heterocycles. The standard InChI is InChI=1S/C13H26N4O3S/c1-11(2,3)20-10(18)17-7-13(8-17,9(14)15)16-21(19)12(4,5)6/h16H,7-8H2,1-6H3,(H3,14,15). The highest BCUT2D eigenvalue weighted by atomic mass is 32.2. The first-order valence-electron chi connectivity index (χ1n) is 6.79. The zero-order chi connectivity index (χ0) is 16.6. The second-order valence-electron chi connectivity index (χ2n) is 7.32. The predicted octanol–water partition coefficient (Wildman–Crippen LogP) is 0.964. The molecule has 0 bridgehead atoms. The zero-order valence-electron chi connectivity index (χ0n) is 13.6. The van der Waals surface area contributed by atoms with Gasteiger partial charge in [0, 0.05) is 0 Å². The Morgan fingerprint density at radius 3 is 2.10 bits per heavy atom. The van der Waals surface area contributed by atoms with Crippen LogP contribution in [-0.2, 0) is 15.7 Å². The maximum Gasteiger partial charge on any atom is 0.410 e. The lowest BCUT2D eigenvalue weighted by molar-refractivity contribution is 0.000233. The topological polar surface area (TPSA) is 109 Å². The number of likely N-dealkylation sites (tertiary alicyclic amines) is 1. The van der Waals surface area contributed by atoms with Crippen LogP contribution in [0.4, 0.5) is 4.79 Å². The fraction of sp³-hybridized carbons (Fsp3) is 0.846. The lowest BCUT2D eigenvalue weighted by Crippen LogP contribution is -2.76. The number of amidine groups is 1. The minimum atomic E-state index is -1.37. The molecule has 1 aliphatic heterocycles. The largest absolute Gasteiger partial charge is 0.444 e. The SMILES string of the molecule is CC(C)(C)OC(=O)N1CC(NS(=O)C(C)(C)C)(C(=N)N)C1. The van der Waals surface area contributed by atoms with E-state index < -0.39 is 33.0 Å². The molecule has 0 spiro atoms. The molecule has 1 atom stereocenters. The summed E-state index contributed by atoms with van der Waals surface area (Å²) in [6.45, 7) is 11.2. The van der Waals surface area contributed by atoms with Gasteiger partial charge in [-0.05, 0) is 41.5 Å². The van der Waals surface area contributed by atoms with E-state index in [-0.39, 0.29) is 18.9 Å². The van der Waals surface area contributed by atoms with Crippen molar-refractivity contribution in [1.29, 1.82) is 5.41 Å². The van der Waals surface area contributed by atoms with E-state index in [4.69, 9.17) is 15.9 Å². The Morgan fingerprint density at radius 1 is 1.29 bits per heavy atom. The second kappa shape index (κ2) is 5.57. The molecular formula is C13H26N4O3S. The number of amides is 1. The number of hydrogen-bond acceptors (Lipinski definition) is 4. The molecule has 1 unspecified atom stereocenters. The molecule has 1 fully saturated rings. The van der Waals surface area contributed by atoms with Gasteiger partial charge in [-0.3, -0.25) is 5.41 Å². The molecule has 122 valence electrons. The quantitative estimate of drug-likeness (QED) is 0.532. The van der Waals surface area contributed by atoms with E-state index >= 15 is 0 Å². The molecule has 1 aliphatic rings. The Balaban J connectivity index is 2.72. The van der Waals surface area contributed by atoms with Crippen LogP contribution < -0.4 is 10.5 Å². The van der Waals surface area contributed by atoms with Crippen molar-refractivity contribution in [1.82, 2.24) is 9.62 Å². The van der Waals surface area contributed by atoms with Crippen LogP contribution in [0.2, 0.25) is 0 Å². The van der Waals surface area contributed by atoms with Gasteiger partial charge in [0.05, 0.1) is 28.8 Å². The summed E-state index contributed by atoms with van der Waals surface area (Å²) in [5.41, 5.74) is 4.11. The Morgan fingerprint density at radius 2 is 1.76 bits per heavy atom. The highest BCUT2D eigenvalue weighted by Crippen LogP contribution is 2.25. The maximum absolute atomic E-state index is 12.2. The van der Waals surface area contributed by atoms with Crippen molar-refractivity contribution < 1.29 is 13.7 Å². The first kappa shape index (κ1) is 17.9. The van der Waals surface area contributed by atoms with Gasteiger partial charge in [0.1, 0.15) is 17.0 Å². The summed E-state index contributed by atoms with van der Waals surface area (Å²) < 4.78 is 19.9. The molecule has 1 rings (SSSR count). The van der Waals surface area contributed by atoms with Gasteiger partial charge in [0.15, 0.2) is 0 Å². The van der Waals surface area contributed by atoms with E-state index in [9.17, 15) is 9.00 Å². The van der Waals surface area contributed by atoms with E-state index in [0.717, 1.165) is 0 Å². The van der Waals surface area contributed by atoms with Crippen molar-refractivity contribution in [2.45, 2.75) is 57.4 Å². The van der Waals surface area contributed by atoms with E-state index in [0.29, 0.717) is 0 Å². The Hall–Kier alpha value is -1.15. The number of hydrogen-bond donors (Lipinski definition) is 3. The van der Waals surface area contributed by atoms with Gasteiger partial charge < -0.3 is 15.4 Å². The number of carbonyl (C=O) groups excluding carboxylic acids is 1. The molecule has 1 amide bonds. The van der Waals surface area contributed by atoms with Gasteiger partial charge in [-0.2, -0.15) is 0 Å². The van der Waals surface area contributed by atoms with Gasteiger partial charge >= 0.3 is 6.09 Å². The average molecular weight is 318 g/mol. The monoisotopic (exact) mass is 318 g/mol. The molecule has 4 N–H and O–H groups in total. The molecule has 0 aromatic rings. The lowest BCUT2D eigenvalue weighted by atomic mass is 9.90. The van der Waals surface area contributed by atoms with Crippen molar-refractivity contribution in [3.05, 3.63) is 0 Å². The van der Waals surface area contributed by atoms with Crippen molar-refractivity contribution in [3.8, 4) is 0 Å². The average Bonchev–Trinajstić information content (AvgIpc) is 2.17. The van der Waals surface area contributed by atoms with Crippen molar-refractivity contribution in [3.63, 3.8) is 0 Å². The molecule has 0 aromatic carbocycles. The molecule has 7 nitrogen and oxygen atoms in total. The van der Waals surface area contributed by atoms with Gasteiger partial charge in [-0.25, -0.2) is 13.7 Å². The van der Waals surface area contributed by atoms with Gasteiger partial charge in [0.25, 0.3) is 0 Å². The van der Waals surface area contributed by atoms with E-state index in [1.165, 1.54) is 4.90 Å². The summed E-state index contributed by atoms with van der Waals surface area (Å²) in [6, 6.07) is 0. The van der Waals surface area contributed by atoms with Crippen LogP contribution in [0.1, 0.15) is 41.5 Å². The molecule has 21 heavy (non-hydrogen) atoms. The van der Waals surface area contributed by atoms with Crippen molar-refractivity contribution >= 4 is 22.9 Å². The molecule has 0 saturated carbocycles. The Bertz CT molecular complexity index is 459. The Kier molecular flexibility index (Phi) is 4.74. The van der Waals surface area contributed by atoms with Crippen LogP contribution >= 0.6 is 0 Å². The molecule has 0 aromatic heterocycles. The molecule has 0 aliphatic carbocycles. The number of ether oxygens (including phenoxy) is 1. The number of nitrogens with two attached hydrogens (primary N) is 1. The minimum Gasteiger partial charge on any atom is -0.444 e. The lowest BCUT2D eigenvalue weighted by Gasteiger charge is -2.49. The normalized spacial score (nSPS) is 19.6. The van der Waals surface area contributed by atoms with E-state index in [1.807, 2.05) is 20.8 Å². The molecule has 0 radical (unpaired) electrons. The second-order valence-corrected chi connectivity index (χ2v) is 9.28. The van der Waals surface area contributed by atoms with Crippen molar-refractivity contribution in [2.24, 2.45) is 5.73 Å². The summed E-state index contributed by atoms with van der Waals surface area (Å²) >= 11 is 0. The first-order valence-corrected chi connectivity index (χ1v) is 7.94. The fourth-order valence-electron chi connectivity index (χ4n) is 1.68. The third-order valence-corrected chi connectivity index (χ3v) is 4.62. The van der Waals surface area contributed by atoms with Crippen LogP contribution in [0.15, 0.2) is 0 Å². The van der Waals surface area contributed by atoms with Gasteiger partial charge in [-0.1, -0.05) is 0 Å². The smallest absolute Gasteiger partial charge is 0.410 e. The van der Waals surface area contributed by atoms with Crippen LogP contribution in [0, 0.1) is 5.41 Å². The molecular weight excluding hydrogens is 292 g/mol. The Labute approximate surface area is 128 Å². The molecule has 1 saturated heterocycles. The maximum atomic E-state index is 12.2. The van der Waals surface area contributed by atoms with Crippen LogP contribution in [-0.4, -0.2) is 50.0 Å². The fourth-order valence-corrected chi connectivity index (χ4v) is 2.58. The van der Waals surface area contributed by atoms with Gasteiger partial charge in [-0.15, -0.1) is 0 Å². The predicted molar refractivity (Wildman–Crippen MR) is 83.5 cm³/mol.